The Balaban J connectivity index is 1.78. The lowest BCUT2D eigenvalue weighted by Crippen LogP contribution is -2.14. The number of halogens is 2. The van der Waals surface area contributed by atoms with Gasteiger partial charge in [-0.25, -0.2) is 4.98 Å². The molecule has 6 nitrogen and oxygen atoms in total. The zero-order chi connectivity index (χ0) is 18.5. The van der Waals surface area contributed by atoms with Gasteiger partial charge in [-0.05, 0) is 18.2 Å². The first-order chi connectivity index (χ1) is 12.6. The lowest BCUT2D eigenvalue weighted by atomic mass is 10.2. The van der Waals surface area contributed by atoms with E-state index < -0.39 is 0 Å². The van der Waals surface area contributed by atoms with Crippen molar-refractivity contribution in [2.75, 3.05) is 11.1 Å². The number of hydrogen-bond acceptors (Lipinski definition) is 6. The van der Waals surface area contributed by atoms with E-state index in [-0.39, 0.29) is 11.7 Å². The molecule has 0 saturated carbocycles. The molecule has 0 aliphatic rings. The van der Waals surface area contributed by atoms with Crippen molar-refractivity contribution in [2.45, 2.75) is 11.7 Å². The third kappa shape index (κ3) is 4.45. The molecule has 3 rings (SSSR count). The molecule has 0 saturated heterocycles. The largest absolute Gasteiger partial charge is 0.301 e. The maximum atomic E-state index is 12.0. The number of allylic oxidation sites excluding steroid dienone is 1. The van der Waals surface area contributed by atoms with E-state index in [4.69, 9.17) is 23.2 Å². The number of amides is 1. The monoisotopic (exact) mass is 425 g/mol. The molecular weight excluding hydrogens is 413 g/mol. The predicted octanol–water partition coefficient (Wildman–Crippen LogP) is 4.63. The van der Waals surface area contributed by atoms with Crippen molar-refractivity contribution in [3.8, 4) is 11.4 Å². The second kappa shape index (κ2) is 8.68. The minimum absolute atomic E-state index is 0.163. The number of benzene rings is 1. The van der Waals surface area contributed by atoms with Crippen LogP contribution in [0.15, 0.2) is 47.6 Å². The highest BCUT2D eigenvalue weighted by Crippen LogP contribution is 2.31. The molecule has 0 aliphatic heterocycles. The number of nitrogens with one attached hydrogen (secondary N) is 1. The molecule has 0 fully saturated rings. The second-order valence-electron chi connectivity index (χ2n) is 5.00. The van der Waals surface area contributed by atoms with Gasteiger partial charge in [-0.3, -0.25) is 9.36 Å². The molecule has 1 aromatic carbocycles. The molecule has 0 unspecified atom stereocenters. The van der Waals surface area contributed by atoms with Crippen LogP contribution < -0.4 is 5.32 Å². The first-order valence-corrected chi connectivity index (χ1v) is 10.0. The molecule has 3 aromatic rings. The van der Waals surface area contributed by atoms with Crippen LogP contribution in [0, 0.1) is 0 Å². The first-order valence-electron chi connectivity index (χ1n) is 7.40. The van der Waals surface area contributed by atoms with Crippen molar-refractivity contribution < 1.29 is 4.79 Å². The lowest BCUT2D eigenvalue weighted by Gasteiger charge is -2.09. The molecule has 0 spiro atoms. The average molecular weight is 426 g/mol. The van der Waals surface area contributed by atoms with Crippen molar-refractivity contribution in [1.82, 2.24) is 19.7 Å². The summed E-state index contributed by atoms with van der Waals surface area (Å²) < 4.78 is 1.85. The van der Waals surface area contributed by atoms with Crippen LogP contribution in [-0.4, -0.2) is 31.4 Å². The number of hydrogen-bond donors (Lipinski definition) is 1. The summed E-state index contributed by atoms with van der Waals surface area (Å²) >= 11 is 14.9. The molecule has 0 aliphatic carbocycles. The molecule has 2 heterocycles. The highest BCUT2D eigenvalue weighted by Gasteiger charge is 2.17. The van der Waals surface area contributed by atoms with Crippen LogP contribution in [0.3, 0.4) is 0 Å². The summed E-state index contributed by atoms with van der Waals surface area (Å²) in [5.41, 5.74) is 0.713. The van der Waals surface area contributed by atoms with Crippen molar-refractivity contribution in [2.24, 2.45) is 0 Å². The van der Waals surface area contributed by atoms with Crippen LogP contribution in [-0.2, 0) is 11.3 Å². The van der Waals surface area contributed by atoms with E-state index >= 15 is 0 Å². The molecule has 2 aromatic heterocycles. The fourth-order valence-electron chi connectivity index (χ4n) is 2.13. The zero-order valence-corrected chi connectivity index (χ0v) is 16.5. The molecular formula is C16H13Cl2N5OS2. The van der Waals surface area contributed by atoms with E-state index in [2.05, 4.69) is 27.1 Å². The van der Waals surface area contributed by atoms with Gasteiger partial charge in [0.05, 0.1) is 10.8 Å². The van der Waals surface area contributed by atoms with Crippen LogP contribution in [0.4, 0.5) is 5.13 Å². The van der Waals surface area contributed by atoms with Gasteiger partial charge in [0.15, 0.2) is 16.1 Å². The van der Waals surface area contributed by atoms with E-state index in [1.165, 1.54) is 23.1 Å². The van der Waals surface area contributed by atoms with Gasteiger partial charge < -0.3 is 5.32 Å². The number of aromatic nitrogens is 4. The minimum atomic E-state index is -0.163. The molecule has 1 amide bonds. The molecule has 26 heavy (non-hydrogen) atoms. The summed E-state index contributed by atoms with van der Waals surface area (Å²) in [5, 5.41) is 15.1. The van der Waals surface area contributed by atoms with Gasteiger partial charge in [0.25, 0.3) is 0 Å². The molecule has 0 bridgehead atoms. The summed E-state index contributed by atoms with van der Waals surface area (Å²) in [6.45, 7) is 4.25. The Morgan fingerprint density at radius 2 is 2.23 bits per heavy atom. The fraction of sp³-hybridized carbons (Fsp3) is 0.125. The van der Waals surface area contributed by atoms with Crippen LogP contribution in [0.5, 0.6) is 0 Å². The van der Waals surface area contributed by atoms with Crippen molar-refractivity contribution in [3.05, 3.63) is 52.5 Å². The van der Waals surface area contributed by atoms with Gasteiger partial charge in [-0.2, -0.15) is 0 Å². The Bertz CT molecular complexity index is 927. The Hall–Kier alpha value is -1.87. The van der Waals surface area contributed by atoms with Gasteiger partial charge >= 0.3 is 0 Å². The third-order valence-corrected chi connectivity index (χ3v) is 5.41. The quantitative estimate of drug-likeness (QED) is 0.441. The number of thiazole rings is 1. The van der Waals surface area contributed by atoms with E-state index in [0.717, 1.165) is 0 Å². The molecule has 1 N–H and O–H groups in total. The van der Waals surface area contributed by atoms with E-state index in [0.29, 0.717) is 38.3 Å². The summed E-state index contributed by atoms with van der Waals surface area (Å²) in [6, 6.07) is 5.18. The van der Waals surface area contributed by atoms with Crippen molar-refractivity contribution >= 4 is 57.3 Å². The molecule has 10 heteroatoms. The highest BCUT2D eigenvalue weighted by atomic mass is 35.5. The molecule has 0 atom stereocenters. The number of anilines is 1. The minimum Gasteiger partial charge on any atom is -0.301 e. The number of carbonyl (C=O) groups is 1. The SMILES string of the molecule is C=CCn1c(SCC(=O)Nc2nccs2)nnc1-c1ccc(Cl)cc1Cl. The Morgan fingerprint density at radius 1 is 1.38 bits per heavy atom. The number of carbonyl (C=O) groups excluding carboxylic acids is 1. The Morgan fingerprint density at radius 3 is 2.92 bits per heavy atom. The summed E-state index contributed by atoms with van der Waals surface area (Å²) in [5.74, 6) is 0.613. The standard InChI is InChI=1S/C16H13Cl2N5OS2/c1-2-6-23-14(11-4-3-10(17)8-12(11)18)21-22-16(23)26-9-13(24)20-15-19-5-7-25-15/h2-5,7-8H,1,6,9H2,(H,19,20,24). The van der Waals surface area contributed by atoms with Crippen LogP contribution in [0.2, 0.25) is 10.0 Å². The average Bonchev–Trinajstić information content (AvgIpc) is 3.24. The van der Waals surface area contributed by atoms with Crippen molar-refractivity contribution in [3.63, 3.8) is 0 Å². The number of rotatable bonds is 7. The Kier molecular flexibility index (Phi) is 6.31. The predicted molar refractivity (Wildman–Crippen MR) is 107 cm³/mol. The topological polar surface area (TPSA) is 72.7 Å². The van der Waals surface area contributed by atoms with Crippen molar-refractivity contribution in [1.29, 1.82) is 0 Å². The smallest absolute Gasteiger partial charge is 0.236 e. The van der Waals surface area contributed by atoms with Gasteiger partial charge in [-0.1, -0.05) is 41.0 Å². The zero-order valence-electron chi connectivity index (χ0n) is 13.4. The van der Waals surface area contributed by atoms with Gasteiger partial charge in [0.2, 0.25) is 5.91 Å². The highest BCUT2D eigenvalue weighted by molar-refractivity contribution is 7.99. The summed E-state index contributed by atoms with van der Waals surface area (Å²) in [7, 11) is 0. The first kappa shape index (κ1) is 18.9. The van der Waals surface area contributed by atoms with Gasteiger partial charge in [0.1, 0.15) is 0 Å². The normalized spacial score (nSPS) is 10.7. The second-order valence-corrected chi connectivity index (χ2v) is 7.68. The molecule has 0 radical (unpaired) electrons. The Labute approximate surface area is 168 Å². The van der Waals surface area contributed by atoms with E-state index in [1.54, 1.807) is 35.9 Å². The van der Waals surface area contributed by atoms with Gasteiger partial charge in [-0.15, -0.1) is 28.1 Å². The fourth-order valence-corrected chi connectivity index (χ4v) is 3.92. The van der Waals surface area contributed by atoms with Gasteiger partial charge in [0, 0.05) is 28.7 Å². The maximum absolute atomic E-state index is 12.0. The molecule has 134 valence electrons. The summed E-state index contributed by atoms with van der Waals surface area (Å²) in [6.07, 6.45) is 3.37. The third-order valence-electron chi connectivity index (χ3n) is 3.21. The summed E-state index contributed by atoms with van der Waals surface area (Å²) in [4.78, 5) is 16.1. The lowest BCUT2D eigenvalue weighted by molar-refractivity contribution is -0.113. The maximum Gasteiger partial charge on any atom is 0.236 e. The van der Waals surface area contributed by atoms with E-state index in [1.807, 2.05) is 4.57 Å². The van der Waals surface area contributed by atoms with E-state index in [9.17, 15) is 4.79 Å². The number of thioether (sulfide) groups is 1. The number of nitrogens with zero attached hydrogens (tertiary/aromatic N) is 4. The van der Waals surface area contributed by atoms with Crippen LogP contribution >= 0.6 is 46.3 Å². The van der Waals surface area contributed by atoms with Crippen LogP contribution in [0.25, 0.3) is 11.4 Å². The van der Waals surface area contributed by atoms with Crippen LogP contribution in [0.1, 0.15) is 0 Å².